The first-order valence-electron chi connectivity index (χ1n) is 5.99. The van der Waals surface area contributed by atoms with Crippen LogP contribution in [0.25, 0.3) is 11.1 Å². The van der Waals surface area contributed by atoms with E-state index < -0.39 is 0 Å². The second kappa shape index (κ2) is 5.29. The average Bonchev–Trinajstić information content (AvgIpc) is 2.69. The Balaban J connectivity index is 2.26. The Morgan fingerprint density at radius 1 is 1.47 bits per heavy atom. The second-order valence-electron chi connectivity index (χ2n) is 4.23. The molecule has 4 nitrogen and oxygen atoms in total. The molecule has 2 aromatic rings. The molecule has 92 valence electrons. The summed E-state index contributed by atoms with van der Waals surface area (Å²) in [6.45, 7) is 2.59. The van der Waals surface area contributed by atoms with Crippen LogP contribution < -0.4 is 11.1 Å². The van der Waals surface area contributed by atoms with Gasteiger partial charge >= 0.3 is 0 Å². The van der Waals surface area contributed by atoms with Crippen LogP contribution in [0.4, 0.5) is 0 Å². The fraction of sp³-hybridized carbons (Fsp3) is 0.462. The lowest BCUT2D eigenvalue weighted by atomic mass is 10.0. The van der Waals surface area contributed by atoms with E-state index in [0.717, 1.165) is 30.5 Å². The smallest absolute Gasteiger partial charge is 0.192 e. The zero-order valence-electron chi connectivity index (χ0n) is 10.4. The number of nitrogens with two attached hydrogens (primary N) is 1. The molecule has 1 aromatic carbocycles. The Labute approximate surface area is 101 Å². The van der Waals surface area contributed by atoms with Crippen LogP contribution in [0, 0.1) is 6.92 Å². The van der Waals surface area contributed by atoms with Crippen LogP contribution in [-0.2, 0) is 0 Å². The third-order valence-electron chi connectivity index (χ3n) is 2.97. The summed E-state index contributed by atoms with van der Waals surface area (Å²) in [5.74, 6) is 0.708. The number of aryl methyl sites for hydroxylation is 1. The summed E-state index contributed by atoms with van der Waals surface area (Å²) < 4.78 is 5.47. The summed E-state index contributed by atoms with van der Waals surface area (Å²) in [6.07, 6.45) is 2.05. The van der Waals surface area contributed by atoms with E-state index in [-0.39, 0.29) is 0 Å². The van der Waals surface area contributed by atoms with Gasteiger partial charge in [0, 0.05) is 13.0 Å². The number of hydrogen-bond donors (Lipinski definition) is 2. The lowest BCUT2D eigenvalue weighted by molar-refractivity contribution is 0.531. The molecule has 0 radical (unpaired) electrons. The number of hydrogen-bond acceptors (Lipinski definition) is 4. The van der Waals surface area contributed by atoms with Gasteiger partial charge in [-0.05, 0) is 44.1 Å². The molecule has 1 unspecified atom stereocenters. The molecular weight excluding hydrogens is 214 g/mol. The van der Waals surface area contributed by atoms with E-state index in [0.29, 0.717) is 11.9 Å². The molecule has 4 heteroatoms. The highest BCUT2D eigenvalue weighted by Gasteiger charge is 2.11. The molecule has 0 aliphatic rings. The van der Waals surface area contributed by atoms with Crippen LogP contribution in [0.2, 0.25) is 0 Å². The van der Waals surface area contributed by atoms with Crippen LogP contribution in [-0.4, -0.2) is 18.6 Å². The molecule has 0 saturated heterocycles. The predicted octanol–water partition coefficient (Wildman–Crippen LogP) is 2.14. The van der Waals surface area contributed by atoms with Gasteiger partial charge in [-0.2, -0.15) is 0 Å². The fourth-order valence-electron chi connectivity index (χ4n) is 2.08. The normalized spacial score (nSPS) is 13.1. The van der Waals surface area contributed by atoms with Gasteiger partial charge in [-0.15, -0.1) is 0 Å². The zero-order valence-corrected chi connectivity index (χ0v) is 10.4. The van der Waals surface area contributed by atoms with E-state index in [2.05, 4.69) is 22.4 Å². The highest BCUT2D eigenvalue weighted by Crippen LogP contribution is 2.23. The van der Waals surface area contributed by atoms with Crippen LogP contribution in [0.3, 0.4) is 0 Å². The first-order valence-corrected chi connectivity index (χ1v) is 5.99. The maximum Gasteiger partial charge on any atom is 0.192 e. The number of nitrogens with one attached hydrogen (secondary N) is 1. The SMILES string of the molecule is CNC(CCCN)c1ccc2oc(C)nc2c1. The van der Waals surface area contributed by atoms with E-state index in [1.54, 1.807) is 0 Å². The average molecular weight is 233 g/mol. The number of nitrogens with zero attached hydrogens (tertiary/aromatic N) is 1. The second-order valence-corrected chi connectivity index (χ2v) is 4.23. The first kappa shape index (κ1) is 12.1. The molecule has 0 bridgehead atoms. The third kappa shape index (κ3) is 2.65. The lowest BCUT2D eigenvalue weighted by Gasteiger charge is -2.15. The van der Waals surface area contributed by atoms with Gasteiger partial charge < -0.3 is 15.5 Å². The minimum Gasteiger partial charge on any atom is -0.441 e. The quantitative estimate of drug-likeness (QED) is 0.830. The maximum atomic E-state index is 5.55. The number of benzene rings is 1. The summed E-state index contributed by atoms with van der Waals surface area (Å²) in [5, 5.41) is 3.31. The van der Waals surface area contributed by atoms with E-state index in [4.69, 9.17) is 10.2 Å². The Kier molecular flexibility index (Phi) is 3.76. The van der Waals surface area contributed by atoms with Crippen molar-refractivity contribution in [2.45, 2.75) is 25.8 Å². The van der Waals surface area contributed by atoms with Crippen molar-refractivity contribution >= 4 is 11.1 Å². The Bertz CT molecular complexity index is 492. The largest absolute Gasteiger partial charge is 0.441 e. The molecular formula is C13H19N3O. The Hall–Kier alpha value is -1.39. The maximum absolute atomic E-state index is 5.55. The zero-order chi connectivity index (χ0) is 12.3. The molecule has 0 spiro atoms. The summed E-state index contributed by atoms with van der Waals surface area (Å²) in [5.41, 5.74) is 8.56. The summed E-state index contributed by atoms with van der Waals surface area (Å²) >= 11 is 0. The minimum absolute atomic E-state index is 0.333. The third-order valence-corrected chi connectivity index (χ3v) is 2.97. The number of rotatable bonds is 5. The first-order chi connectivity index (χ1) is 8.24. The van der Waals surface area contributed by atoms with Crippen molar-refractivity contribution in [3.05, 3.63) is 29.7 Å². The van der Waals surface area contributed by atoms with Gasteiger partial charge in [-0.25, -0.2) is 4.98 Å². The lowest BCUT2D eigenvalue weighted by Crippen LogP contribution is -2.17. The monoisotopic (exact) mass is 233 g/mol. The van der Waals surface area contributed by atoms with Crippen molar-refractivity contribution < 1.29 is 4.42 Å². The summed E-state index contributed by atoms with van der Waals surface area (Å²) in [7, 11) is 1.97. The molecule has 0 amide bonds. The van der Waals surface area contributed by atoms with Gasteiger partial charge in [0.2, 0.25) is 0 Å². The van der Waals surface area contributed by atoms with Crippen molar-refractivity contribution in [1.82, 2.24) is 10.3 Å². The molecule has 0 saturated carbocycles. The van der Waals surface area contributed by atoms with Gasteiger partial charge in [0.15, 0.2) is 11.5 Å². The van der Waals surface area contributed by atoms with Crippen molar-refractivity contribution in [1.29, 1.82) is 0 Å². The van der Waals surface area contributed by atoms with Crippen molar-refractivity contribution in [2.24, 2.45) is 5.73 Å². The van der Waals surface area contributed by atoms with Crippen molar-refractivity contribution in [3.63, 3.8) is 0 Å². The molecule has 0 aliphatic carbocycles. The van der Waals surface area contributed by atoms with E-state index in [1.165, 1.54) is 5.56 Å². The highest BCUT2D eigenvalue weighted by molar-refractivity contribution is 5.73. The van der Waals surface area contributed by atoms with Crippen molar-refractivity contribution in [2.75, 3.05) is 13.6 Å². The Morgan fingerprint density at radius 2 is 2.29 bits per heavy atom. The minimum atomic E-state index is 0.333. The predicted molar refractivity (Wildman–Crippen MR) is 68.8 cm³/mol. The molecule has 1 heterocycles. The number of fused-ring (bicyclic) bond motifs is 1. The molecule has 3 N–H and O–H groups in total. The topological polar surface area (TPSA) is 64.1 Å². The van der Waals surface area contributed by atoms with Gasteiger partial charge in [0.25, 0.3) is 0 Å². The standard InChI is InChI=1S/C13H19N3O/c1-9-16-12-8-10(5-6-13(12)17-9)11(15-2)4-3-7-14/h5-6,8,11,15H,3-4,7,14H2,1-2H3. The van der Waals surface area contributed by atoms with Crippen molar-refractivity contribution in [3.8, 4) is 0 Å². The molecule has 2 rings (SSSR count). The summed E-state index contributed by atoms with van der Waals surface area (Å²) in [4.78, 5) is 4.35. The molecule has 1 aromatic heterocycles. The van der Waals surface area contributed by atoms with Crippen LogP contribution in [0.1, 0.15) is 30.3 Å². The number of oxazole rings is 1. The molecule has 0 aliphatic heterocycles. The molecule has 1 atom stereocenters. The number of aromatic nitrogens is 1. The summed E-state index contributed by atoms with van der Waals surface area (Å²) in [6, 6.07) is 6.49. The van der Waals surface area contributed by atoms with Gasteiger partial charge in [-0.1, -0.05) is 6.07 Å². The van der Waals surface area contributed by atoms with Gasteiger partial charge in [0.05, 0.1) is 0 Å². The van der Waals surface area contributed by atoms with E-state index >= 15 is 0 Å². The highest BCUT2D eigenvalue weighted by atomic mass is 16.3. The van der Waals surface area contributed by atoms with Gasteiger partial charge in [-0.3, -0.25) is 0 Å². The molecule has 17 heavy (non-hydrogen) atoms. The Morgan fingerprint density at radius 3 is 3.00 bits per heavy atom. The van der Waals surface area contributed by atoms with Crippen LogP contribution in [0.5, 0.6) is 0 Å². The van der Waals surface area contributed by atoms with E-state index in [1.807, 2.05) is 20.0 Å². The fourth-order valence-corrected chi connectivity index (χ4v) is 2.08. The van der Waals surface area contributed by atoms with E-state index in [9.17, 15) is 0 Å². The molecule has 0 fully saturated rings. The van der Waals surface area contributed by atoms with Crippen LogP contribution in [0.15, 0.2) is 22.6 Å². The van der Waals surface area contributed by atoms with Gasteiger partial charge in [0.1, 0.15) is 5.52 Å². The van der Waals surface area contributed by atoms with Crippen LogP contribution >= 0.6 is 0 Å².